The predicted octanol–water partition coefficient (Wildman–Crippen LogP) is 9.66. The van der Waals surface area contributed by atoms with E-state index in [0.29, 0.717) is 46.1 Å². The van der Waals surface area contributed by atoms with E-state index in [2.05, 4.69) is 88.4 Å². The van der Waals surface area contributed by atoms with Crippen molar-refractivity contribution in [2.75, 3.05) is 57.4 Å². The summed E-state index contributed by atoms with van der Waals surface area (Å²) < 4.78 is 6.11. The van der Waals surface area contributed by atoms with Gasteiger partial charge in [0.2, 0.25) is 11.7 Å². The molecule has 4 saturated carbocycles. The third-order valence-electron chi connectivity index (χ3n) is 20.1. The summed E-state index contributed by atoms with van der Waals surface area (Å²) in [6.07, 6.45) is 18.7. The van der Waals surface area contributed by atoms with Crippen molar-refractivity contribution in [1.29, 1.82) is 5.26 Å². The molecule has 2 amide bonds. The topological polar surface area (TPSA) is 164 Å². The van der Waals surface area contributed by atoms with Crippen LogP contribution in [-0.4, -0.2) is 107 Å². The summed E-state index contributed by atoms with van der Waals surface area (Å²) in [5.74, 6) is 2.05. The zero-order valence-corrected chi connectivity index (χ0v) is 44.2. The Morgan fingerprint density at radius 3 is 2.29 bits per heavy atom. The zero-order chi connectivity index (χ0) is 50.8. The quantitative estimate of drug-likeness (QED) is 0.208. The summed E-state index contributed by atoms with van der Waals surface area (Å²) in [5, 5.41) is 35.5. The van der Waals surface area contributed by atoms with Gasteiger partial charge in [0.25, 0.3) is 5.91 Å². The maximum atomic E-state index is 14.4. The smallest absolute Gasteiger partial charge is 0.272 e. The van der Waals surface area contributed by atoms with Crippen LogP contribution in [0.1, 0.15) is 141 Å². The van der Waals surface area contributed by atoms with Gasteiger partial charge in [0.05, 0.1) is 23.4 Å². The first kappa shape index (κ1) is 50.5. The molecule has 384 valence electrons. The number of piperazine rings is 1. The Kier molecular flexibility index (Phi) is 13.6. The molecule has 8 aliphatic rings. The fourth-order valence-electron chi connectivity index (χ4n) is 15.0. The van der Waals surface area contributed by atoms with Crippen LogP contribution in [0.25, 0.3) is 0 Å². The number of piperidine rings is 1. The van der Waals surface area contributed by atoms with E-state index in [1.807, 2.05) is 13.0 Å². The van der Waals surface area contributed by atoms with E-state index in [1.165, 1.54) is 5.57 Å². The standard InChI is InChI=1S/C58H75ClN8O5/c1-37-43-13-15-48-56(4,44(43)32-47(68)51(37)69)22-24-58(6)49-33-55(3,20-19-54(49,2)21-23-57(48,58)5)53(71)61-36-66-29-27-65(28-30-66)35-38-17-25-67(26-18-38)50-16-14-46(63-64-50)52(70)62-40-8-11-41(12-9-40)72-42-10-7-39(34-60)45(59)31-42/h7,10,13-16,31-32,38,40-41,49,69H,8-9,11-12,17-30,33,35-36H2,1-6H3,(H,61,71)(H,62,70)/t40-,41-,49-,54-,55-,56+,57-,58+/m1/s1. The van der Waals surface area contributed by atoms with Crippen molar-refractivity contribution in [3.05, 3.63) is 92.9 Å². The average Bonchev–Trinajstić information content (AvgIpc) is 3.38. The molecule has 1 aromatic heterocycles. The maximum absolute atomic E-state index is 14.4. The number of ketones is 1. The van der Waals surface area contributed by atoms with Crippen LogP contribution < -0.4 is 20.3 Å². The Bertz CT molecular complexity index is 2650. The molecule has 10 rings (SSSR count). The highest BCUT2D eigenvalue weighted by Crippen LogP contribution is 2.75. The van der Waals surface area contributed by atoms with E-state index < -0.39 is 5.41 Å². The van der Waals surface area contributed by atoms with Gasteiger partial charge in [-0.1, -0.05) is 63.9 Å². The largest absolute Gasteiger partial charge is 0.504 e. The predicted molar refractivity (Wildman–Crippen MR) is 279 cm³/mol. The van der Waals surface area contributed by atoms with Gasteiger partial charge in [0.1, 0.15) is 11.8 Å². The molecular weight excluding hydrogens is 924 g/mol. The molecule has 0 bridgehead atoms. The Morgan fingerprint density at radius 1 is 0.875 bits per heavy atom. The number of allylic oxidation sites excluding steroid dienone is 7. The summed E-state index contributed by atoms with van der Waals surface area (Å²) in [7, 11) is 0. The van der Waals surface area contributed by atoms with Crippen molar-refractivity contribution in [1.82, 2.24) is 30.6 Å². The molecule has 1 aromatic carbocycles. The molecule has 0 unspecified atom stereocenters. The normalized spacial score (nSPS) is 34.2. The van der Waals surface area contributed by atoms with Gasteiger partial charge in [-0.05, 0) is 160 Å². The van der Waals surface area contributed by atoms with Crippen LogP contribution in [0.4, 0.5) is 5.82 Å². The van der Waals surface area contributed by atoms with Gasteiger partial charge in [0, 0.05) is 74.3 Å². The van der Waals surface area contributed by atoms with Crippen molar-refractivity contribution >= 4 is 35.0 Å². The molecule has 0 radical (unpaired) electrons. The molecule has 3 N–H and O–H groups in total. The first-order valence-corrected chi connectivity index (χ1v) is 27.3. The number of aromatic nitrogens is 2. The van der Waals surface area contributed by atoms with E-state index in [0.717, 1.165) is 146 Å². The van der Waals surface area contributed by atoms with Crippen LogP contribution in [0.15, 0.2) is 76.6 Å². The number of benzene rings is 1. The highest BCUT2D eigenvalue weighted by Gasteiger charge is 2.67. The van der Waals surface area contributed by atoms with E-state index in [4.69, 9.17) is 21.6 Å². The second kappa shape index (κ2) is 19.3. The Morgan fingerprint density at radius 2 is 1.60 bits per heavy atom. The first-order valence-electron chi connectivity index (χ1n) is 26.9. The monoisotopic (exact) mass is 999 g/mol. The van der Waals surface area contributed by atoms with Crippen LogP contribution in [0.5, 0.6) is 5.75 Å². The number of ether oxygens (including phenoxy) is 1. The number of carbonyl (C=O) groups is 3. The molecule has 3 heterocycles. The number of aliphatic hydroxyl groups excluding tert-OH is 1. The van der Waals surface area contributed by atoms with Gasteiger partial charge in [-0.15, -0.1) is 10.2 Å². The summed E-state index contributed by atoms with van der Waals surface area (Å²) in [5.41, 5.74) is 4.34. The van der Waals surface area contributed by atoms with Gasteiger partial charge < -0.3 is 30.3 Å². The van der Waals surface area contributed by atoms with E-state index >= 15 is 0 Å². The fraction of sp³-hybridized carbons (Fsp3) is 0.621. The third kappa shape index (κ3) is 9.10. The Hall–Kier alpha value is -5.03. The SMILES string of the molecule is CC1=C(O)C(=O)C=C2C1=CC=C1[C@@]2(C)CC[C@@]2(C)[C@@H]3C[C@](C)(C(=O)NCN4CCN(CC5CCN(c6ccc(C(=O)N[C@H]7CC[C@H](Oc8ccc(C#N)c(Cl)c8)CC7)nn6)CC5)CC4)CC[C@]3(C)CC[C@]12C. The number of hydrogen-bond donors (Lipinski definition) is 3. The number of nitrogens with zero attached hydrogens (tertiary/aromatic N) is 6. The van der Waals surface area contributed by atoms with Gasteiger partial charge in [-0.25, -0.2) is 0 Å². The van der Waals surface area contributed by atoms with Gasteiger partial charge >= 0.3 is 0 Å². The second-order valence-corrected chi connectivity index (χ2v) is 24.6. The number of aliphatic hydroxyl groups is 1. The van der Waals surface area contributed by atoms with Crippen LogP contribution in [-0.2, 0) is 9.59 Å². The minimum absolute atomic E-state index is 0.00300. The van der Waals surface area contributed by atoms with Crippen molar-refractivity contribution in [3.63, 3.8) is 0 Å². The van der Waals surface area contributed by atoms with E-state index in [9.17, 15) is 19.5 Å². The van der Waals surface area contributed by atoms with Crippen LogP contribution in [0.3, 0.4) is 0 Å². The molecule has 72 heavy (non-hydrogen) atoms. The minimum Gasteiger partial charge on any atom is -0.504 e. The highest BCUT2D eigenvalue weighted by atomic mass is 35.5. The number of halogens is 1. The number of carbonyl (C=O) groups excluding carboxylic acids is 3. The number of nitrogens with one attached hydrogen (secondary N) is 2. The summed E-state index contributed by atoms with van der Waals surface area (Å²) in [4.78, 5) is 47.8. The zero-order valence-electron chi connectivity index (χ0n) is 43.4. The minimum atomic E-state index is -0.430. The number of fused-ring (bicyclic) bond motifs is 7. The number of hydrogen-bond acceptors (Lipinski definition) is 11. The third-order valence-corrected chi connectivity index (χ3v) is 20.4. The molecular formula is C58H75ClN8O5. The second-order valence-electron chi connectivity index (χ2n) is 24.2. The molecule has 6 aliphatic carbocycles. The average molecular weight is 1000 g/mol. The first-order chi connectivity index (χ1) is 34.3. The summed E-state index contributed by atoms with van der Waals surface area (Å²) in [6.45, 7) is 21.3. The van der Waals surface area contributed by atoms with Crippen LogP contribution >= 0.6 is 11.6 Å². The molecule has 2 aliphatic heterocycles. The Labute approximate surface area is 431 Å². The maximum Gasteiger partial charge on any atom is 0.272 e. The molecule has 2 saturated heterocycles. The Balaban J connectivity index is 0.656. The molecule has 2 aromatic rings. The number of rotatable bonds is 10. The lowest BCUT2D eigenvalue weighted by molar-refractivity contribution is -0.169. The summed E-state index contributed by atoms with van der Waals surface area (Å²) in [6, 6.07) is 10.9. The molecule has 6 atom stereocenters. The highest BCUT2D eigenvalue weighted by molar-refractivity contribution is 6.31. The van der Waals surface area contributed by atoms with Crippen LogP contribution in [0, 0.1) is 50.2 Å². The van der Waals surface area contributed by atoms with E-state index in [-0.39, 0.29) is 57.2 Å². The molecule has 14 heteroatoms. The number of nitriles is 1. The fourth-order valence-corrected chi connectivity index (χ4v) is 15.2. The lowest BCUT2D eigenvalue weighted by Gasteiger charge is -2.70. The lowest BCUT2D eigenvalue weighted by Crippen LogP contribution is -2.62. The van der Waals surface area contributed by atoms with Crippen LogP contribution in [0.2, 0.25) is 5.02 Å². The van der Waals surface area contributed by atoms with Gasteiger partial charge in [0.15, 0.2) is 17.3 Å². The molecule has 6 fully saturated rings. The van der Waals surface area contributed by atoms with Gasteiger partial charge in [-0.3, -0.25) is 19.3 Å². The summed E-state index contributed by atoms with van der Waals surface area (Å²) >= 11 is 6.18. The van der Waals surface area contributed by atoms with Crippen molar-refractivity contribution in [3.8, 4) is 11.8 Å². The molecule has 13 nitrogen and oxygen atoms in total. The number of amides is 2. The lowest BCUT2D eigenvalue weighted by atomic mass is 9.34. The van der Waals surface area contributed by atoms with Crippen molar-refractivity contribution in [2.24, 2.45) is 38.9 Å². The van der Waals surface area contributed by atoms with Gasteiger partial charge in [-0.2, -0.15) is 5.26 Å². The van der Waals surface area contributed by atoms with Crippen molar-refractivity contribution < 1.29 is 24.2 Å². The van der Waals surface area contributed by atoms with E-state index in [1.54, 1.807) is 30.3 Å². The number of anilines is 1. The van der Waals surface area contributed by atoms with Crippen molar-refractivity contribution in [2.45, 2.75) is 137 Å². The molecule has 0 spiro atoms.